The summed E-state index contributed by atoms with van der Waals surface area (Å²) in [6.45, 7) is 1.76. The van der Waals surface area contributed by atoms with E-state index in [1.807, 2.05) is 0 Å². The second-order valence-corrected chi connectivity index (χ2v) is 11.5. The largest absolute Gasteiger partial charge is 0.472 e. The lowest BCUT2D eigenvalue weighted by molar-refractivity contribution is -0.300. The summed E-state index contributed by atoms with van der Waals surface area (Å²) >= 11 is 0. The number of carboxylic acid groups (broad SMARTS) is 1. The summed E-state index contributed by atoms with van der Waals surface area (Å²) in [5.74, 6) is 0. The van der Waals surface area contributed by atoms with Crippen LogP contribution in [0.15, 0.2) is 0 Å². The lowest BCUT2D eigenvalue weighted by atomic mass is 9.99. The molecule has 0 aromatic rings. The van der Waals surface area contributed by atoms with Gasteiger partial charge in [0.1, 0.15) is 24.4 Å². The summed E-state index contributed by atoms with van der Waals surface area (Å²) in [4.78, 5) is 19.9. The SMILES string of the molecule is CCCCCCCCCCCCCCCCCCO[C@H]1O[C@H](COP(=O)(O)C(=O)O)[C@@H](O)[C@H](O)[C@H]1O. The smallest absolute Gasteiger partial charge is 0.435 e. The van der Waals surface area contributed by atoms with Crippen molar-refractivity contribution in [3.8, 4) is 0 Å². The minimum Gasteiger partial charge on any atom is -0.472 e. The maximum Gasteiger partial charge on any atom is 0.435 e. The predicted octanol–water partition coefficient (Wildman–Crippen LogP) is 4.95. The van der Waals surface area contributed by atoms with Gasteiger partial charge in [0.15, 0.2) is 6.29 Å². The molecule has 1 aliphatic heterocycles. The number of hydrogen-bond acceptors (Lipinski definition) is 8. The first-order valence-corrected chi connectivity index (χ1v) is 15.3. The molecule has 0 bridgehead atoms. The van der Waals surface area contributed by atoms with Crippen LogP contribution in [0.25, 0.3) is 0 Å². The first-order valence-electron chi connectivity index (χ1n) is 13.7. The van der Waals surface area contributed by atoms with Gasteiger partial charge < -0.3 is 34.8 Å². The Hall–Kier alpha value is -0.580. The Bertz CT molecular complexity index is 620. The number of ether oxygens (including phenoxy) is 2. The molecule has 0 aliphatic carbocycles. The van der Waals surface area contributed by atoms with E-state index in [2.05, 4.69) is 11.4 Å². The number of hydrogen-bond donors (Lipinski definition) is 5. The summed E-state index contributed by atoms with van der Waals surface area (Å²) in [6, 6.07) is 0. The monoisotopic (exact) mass is 540 g/mol. The lowest BCUT2D eigenvalue weighted by Gasteiger charge is -2.40. The third-order valence-corrected chi connectivity index (χ3v) is 7.59. The molecule has 1 fully saturated rings. The van der Waals surface area contributed by atoms with Crippen LogP contribution in [0.3, 0.4) is 0 Å². The van der Waals surface area contributed by atoms with Gasteiger partial charge in [-0.25, -0.2) is 9.36 Å². The highest BCUT2D eigenvalue weighted by Crippen LogP contribution is 2.43. The average molecular weight is 541 g/mol. The van der Waals surface area contributed by atoms with Crippen molar-refractivity contribution in [3.05, 3.63) is 0 Å². The minimum absolute atomic E-state index is 0.268. The van der Waals surface area contributed by atoms with Crippen molar-refractivity contribution in [2.75, 3.05) is 13.2 Å². The molecule has 214 valence electrons. The van der Waals surface area contributed by atoms with Crippen molar-refractivity contribution in [1.29, 1.82) is 0 Å². The van der Waals surface area contributed by atoms with Crippen LogP contribution in [-0.4, -0.2) is 74.9 Å². The van der Waals surface area contributed by atoms with E-state index in [0.717, 1.165) is 25.7 Å². The van der Waals surface area contributed by atoms with Crippen molar-refractivity contribution in [2.45, 2.75) is 140 Å². The van der Waals surface area contributed by atoms with Crippen LogP contribution < -0.4 is 0 Å². The first kappa shape index (κ1) is 33.4. The fourth-order valence-electron chi connectivity index (χ4n) is 4.27. The Morgan fingerprint density at radius 1 is 0.750 bits per heavy atom. The normalized spacial score (nSPS) is 26.1. The maximum absolute atomic E-state index is 11.4. The van der Waals surface area contributed by atoms with Gasteiger partial charge in [-0.05, 0) is 6.42 Å². The van der Waals surface area contributed by atoms with Gasteiger partial charge in [0, 0.05) is 6.61 Å². The summed E-state index contributed by atoms with van der Waals surface area (Å²) in [5, 5.41) is 38.7. The second-order valence-electron chi connectivity index (χ2n) is 9.79. The van der Waals surface area contributed by atoms with Crippen molar-refractivity contribution in [1.82, 2.24) is 0 Å². The van der Waals surface area contributed by atoms with Crippen LogP contribution in [0.4, 0.5) is 4.79 Å². The van der Waals surface area contributed by atoms with Crippen molar-refractivity contribution in [3.63, 3.8) is 0 Å². The molecular weight excluding hydrogens is 491 g/mol. The molecule has 0 aromatic heterocycles. The number of rotatable bonds is 22. The molecule has 36 heavy (non-hydrogen) atoms. The zero-order valence-electron chi connectivity index (χ0n) is 21.8. The van der Waals surface area contributed by atoms with E-state index in [0.29, 0.717) is 0 Å². The Kier molecular flexibility index (Phi) is 18.1. The molecule has 0 saturated carbocycles. The molecule has 1 unspecified atom stereocenters. The summed E-state index contributed by atoms with van der Waals surface area (Å²) < 4.78 is 26.7. The maximum atomic E-state index is 11.4. The van der Waals surface area contributed by atoms with Gasteiger partial charge in [-0.1, -0.05) is 103 Å². The number of unbranched alkanes of at least 4 members (excludes halogenated alkanes) is 15. The summed E-state index contributed by atoms with van der Waals surface area (Å²) in [7, 11) is -4.93. The van der Waals surface area contributed by atoms with E-state index in [9.17, 15) is 29.6 Å². The third kappa shape index (κ3) is 13.8. The summed E-state index contributed by atoms with van der Waals surface area (Å²) in [6.07, 6.45) is 12.5. The molecule has 0 amide bonds. The molecule has 5 N–H and O–H groups in total. The molecule has 1 rings (SSSR count). The topological polar surface area (TPSA) is 163 Å². The fraction of sp³-hybridized carbons (Fsp3) is 0.960. The van der Waals surface area contributed by atoms with Crippen molar-refractivity contribution in [2.24, 2.45) is 0 Å². The molecule has 11 heteroatoms. The van der Waals surface area contributed by atoms with Gasteiger partial charge >= 0.3 is 13.3 Å². The Morgan fingerprint density at radius 3 is 1.64 bits per heavy atom. The fourth-order valence-corrected chi connectivity index (χ4v) is 4.73. The quantitative estimate of drug-likeness (QED) is 0.0937. The van der Waals surface area contributed by atoms with Gasteiger partial charge in [0.2, 0.25) is 0 Å². The molecule has 1 saturated heterocycles. The van der Waals surface area contributed by atoms with E-state index in [4.69, 9.17) is 14.6 Å². The Labute approximate surface area is 215 Å². The van der Waals surface area contributed by atoms with Crippen LogP contribution in [0.2, 0.25) is 0 Å². The van der Waals surface area contributed by atoms with Gasteiger partial charge in [0.05, 0.1) is 6.61 Å². The predicted molar refractivity (Wildman–Crippen MR) is 136 cm³/mol. The molecular formula is C25H49O10P. The van der Waals surface area contributed by atoms with Crippen molar-refractivity contribution >= 4 is 13.3 Å². The number of aliphatic hydroxyl groups excluding tert-OH is 3. The third-order valence-electron chi connectivity index (χ3n) is 6.60. The van der Waals surface area contributed by atoms with Gasteiger partial charge in [-0.2, -0.15) is 0 Å². The molecule has 0 radical (unpaired) electrons. The van der Waals surface area contributed by atoms with Crippen LogP contribution in [0, 0.1) is 0 Å². The van der Waals surface area contributed by atoms with Gasteiger partial charge in [-0.3, -0.25) is 4.52 Å². The van der Waals surface area contributed by atoms with Crippen LogP contribution in [-0.2, 0) is 18.6 Å². The molecule has 0 spiro atoms. The highest BCUT2D eigenvalue weighted by atomic mass is 31.2. The molecule has 1 aliphatic rings. The zero-order chi connectivity index (χ0) is 26.8. The highest BCUT2D eigenvalue weighted by molar-refractivity contribution is 7.70. The number of aliphatic hydroxyl groups is 3. The van der Waals surface area contributed by atoms with Crippen LogP contribution in [0.1, 0.15) is 110 Å². The van der Waals surface area contributed by atoms with E-state index in [1.165, 1.54) is 77.0 Å². The number of carbonyl (C=O) groups is 1. The average Bonchev–Trinajstić information content (AvgIpc) is 2.85. The minimum atomic E-state index is -4.93. The zero-order valence-corrected chi connectivity index (χ0v) is 22.7. The van der Waals surface area contributed by atoms with E-state index < -0.39 is 50.6 Å². The van der Waals surface area contributed by atoms with Crippen molar-refractivity contribution < 1.29 is 48.7 Å². The Morgan fingerprint density at radius 2 is 1.19 bits per heavy atom. The Balaban J connectivity index is 2.06. The second kappa shape index (κ2) is 19.5. The molecule has 10 nitrogen and oxygen atoms in total. The standard InChI is InChI=1S/C25H49O10P/c1-2-3-4-5-6-7-8-9-10-11-12-13-14-15-16-17-18-33-24-23(28)22(27)21(26)20(35-24)19-34-36(31,32)25(29)30/h20-24,26-28H,2-19H2,1H3,(H,29,30)(H,31,32)/t20-,21-,22+,23-,24+/m1/s1. The van der Waals surface area contributed by atoms with Gasteiger partial charge in [0.25, 0.3) is 0 Å². The molecule has 0 aromatic carbocycles. The first-order chi connectivity index (χ1) is 17.2. The molecule has 6 atom stereocenters. The van der Waals surface area contributed by atoms with Gasteiger partial charge in [-0.15, -0.1) is 0 Å². The van der Waals surface area contributed by atoms with E-state index in [1.54, 1.807) is 0 Å². The lowest BCUT2D eigenvalue weighted by Crippen LogP contribution is -2.59. The van der Waals surface area contributed by atoms with Crippen LogP contribution >= 0.6 is 7.60 Å². The van der Waals surface area contributed by atoms with E-state index in [-0.39, 0.29) is 6.61 Å². The highest BCUT2D eigenvalue weighted by Gasteiger charge is 2.45. The molecule has 1 heterocycles. The van der Waals surface area contributed by atoms with Crippen LogP contribution in [0.5, 0.6) is 0 Å². The summed E-state index contributed by atoms with van der Waals surface area (Å²) in [5.41, 5.74) is -2.04. The van der Waals surface area contributed by atoms with E-state index >= 15 is 0 Å².